The van der Waals surface area contributed by atoms with Crippen LogP contribution in [0.2, 0.25) is 5.02 Å². The molecule has 0 spiro atoms. The maximum atomic E-state index is 12.6. The third-order valence-electron chi connectivity index (χ3n) is 4.43. The Labute approximate surface area is 180 Å². The van der Waals surface area contributed by atoms with Crippen molar-refractivity contribution >= 4 is 39.7 Å². The highest BCUT2D eigenvalue weighted by molar-refractivity contribution is 7.72. The zero-order valence-electron chi connectivity index (χ0n) is 16.3. The number of benzene rings is 2. The van der Waals surface area contributed by atoms with E-state index in [9.17, 15) is 13.2 Å². The van der Waals surface area contributed by atoms with Crippen molar-refractivity contribution < 1.29 is 17.9 Å². The fourth-order valence-corrected chi connectivity index (χ4v) is 3.56. The molecule has 3 aromatic rings. The average Bonchev–Trinajstić information content (AvgIpc) is 2.71. The van der Waals surface area contributed by atoms with Crippen molar-refractivity contribution in [2.45, 2.75) is 24.8 Å². The van der Waals surface area contributed by atoms with Crippen LogP contribution in [0.3, 0.4) is 0 Å². The minimum absolute atomic E-state index is 0.126. The highest BCUT2D eigenvalue weighted by Gasteiger charge is 2.14. The summed E-state index contributed by atoms with van der Waals surface area (Å²) in [6.07, 6.45) is 1.05. The highest BCUT2D eigenvalue weighted by Crippen LogP contribution is 2.29. The molecule has 0 aliphatic carbocycles. The first kappa shape index (κ1) is 21.6. The summed E-state index contributed by atoms with van der Waals surface area (Å²) in [6, 6.07) is 13.2. The van der Waals surface area contributed by atoms with Crippen molar-refractivity contribution in [3.63, 3.8) is 0 Å². The Morgan fingerprint density at radius 3 is 2.70 bits per heavy atom. The Morgan fingerprint density at radius 2 is 1.97 bits per heavy atom. The van der Waals surface area contributed by atoms with Crippen LogP contribution in [0.15, 0.2) is 59.6 Å². The van der Waals surface area contributed by atoms with Crippen LogP contribution in [0.5, 0.6) is 5.75 Å². The van der Waals surface area contributed by atoms with Crippen LogP contribution in [0.4, 0.5) is 11.5 Å². The Balaban J connectivity index is 1.77. The van der Waals surface area contributed by atoms with E-state index in [1.54, 1.807) is 43.3 Å². The van der Waals surface area contributed by atoms with Gasteiger partial charge in [0, 0.05) is 23.5 Å². The van der Waals surface area contributed by atoms with Crippen LogP contribution < -0.4 is 15.8 Å². The molecule has 0 aliphatic rings. The molecule has 1 heterocycles. The number of amides is 1. The summed E-state index contributed by atoms with van der Waals surface area (Å²) in [5.41, 5.74) is 8.00. The van der Waals surface area contributed by atoms with Crippen molar-refractivity contribution in [1.82, 2.24) is 4.98 Å². The fourth-order valence-electron chi connectivity index (χ4n) is 2.80. The number of ether oxygens (including phenoxy) is 1. The highest BCUT2D eigenvalue weighted by atomic mass is 35.5. The molecule has 3 N–H and O–H groups in total. The van der Waals surface area contributed by atoms with Crippen molar-refractivity contribution in [3.05, 3.63) is 76.4 Å². The van der Waals surface area contributed by atoms with Gasteiger partial charge in [-0.05, 0) is 49.2 Å². The second-order valence-corrected chi connectivity index (χ2v) is 8.07. The van der Waals surface area contributed by atoms with Gasteiger partial charge in [0.05, 0.1) is 9.92 Å². The molecular weight excluding hydrogens is 426 g/mol. The molecule has 1 amide bonds. The number of nitrogen functional groups attached to an aromatic ring is 1. The average molecular weight is 446 g/mol. The predicted octanol–water partition coefficient (Wildman–Crippen LogP) is 3.99. The monoisotopic (exact) mass is 445 g/mol. The van der Waals surface area contributed by atoms with Crippen molar-refractivity contribution in [2.24, 2.45) is 0 Å². The number of halogens is 1. The Bertz CT molecular complexity index is 1170. The summed E-state index contributed by atoms with van der Waals surface area (Å²) in [4.78, 5) is 16.7. The number of hydrogen-bond acceptors (Lipinski definition) is 6. The molecule has 0 fully saturated rings. The van der Waals surface area contributed by atoms with E-state index in [-0.39, 0.29) is 22.4 Å². The van der Waals surface area contributed by atoms with Gasteiger partial charge in [-0.2, -0.15) is 0 Å². The molecule has 0 aliphatic heterocycles. The number of anilines is 2. The molecular formula is C21H20ClN3O4S. The molecule has 0 saturated heterocycles. The number of aromatic nitrogens is 1. The molecule has 2 aromatic carbocycles. The quantitative estimate of drug-likeness (QED) is 0.495. The van der Waals surface area contributed by atoms with E-state index in [0.717, 1.165) is 5.56 Å². The van der Waals surface area contributed by atoms with Gasteiger partial charge in [-0.25, -0.2) is 13.4 Å². The van der Waals surface area contributed by atoms with Gasteiger partial charge in [0.2, 0.25) is 0 Å². The minimum Gasteiger partial charge on any atom is -0.482 e. The zero-order valence-corrected chi connectivity index (χ0v) is 17.9. The Hall–Kier alpha value is -3.10. The Morgan fingerprint density at radius 1 is 1.20 bits per heavy atom. The molecule has 0 bridgehead atoms. The lowest BCUT2D eigenvalue weighted by molar-refractivity contribution is 0.102. The number of nitrogens with zero attached hydrogens (tertiary/aromatic N) is 1. The molecule has 7 nitrogen and oxygen atoms in total. The molecule has 1 atom stereocenters. The lowest BCUT2D eigenvalue weighted by Crippen LogP contribution is -2.13. The fraction of sp³-hybridized carbons (Fsp3) is 0.143. The Kier molecular flexibility index (Phi) is 6.59. The normalized spacial score (nSPS) is 11.9. The van der Waals surface area contributed by atoms with Gasteiger partial charge in [0.25, 0.3) is 5.91 Å². The van der Waals surface area contributed by atoms with Gasteiger partial charge in [0.15, 0.2) is 22.3 Å². The number of carbonyl (C=O) groups is 1. The number of nitrogens with one attached hydrogen (secondary N) is 1. The molecule has 1 aromatic heterocycles. The number of pyridine rings is 1. The second kappa shape index (κ2) is 9.15. The number of nitrogens with two attached hydrogens (primary N) is 1. The lowest BCUT2D eigenvalue weighted by Gasteiger charge is -2.17. The van der Waals surface area contributed by atoms with Gasteiger partial charge in [-0.3, -0.25) is 4.79 Å². The summed E-state index contributed by atoms with van der Waals surface area (Å²) in [5.74, 6) is 0.174. The van der Waals surface area contributed by atoms with Gasteiger partial charge in [0.1, 0.15) is 6.10 Å². The topological polar surface area (TPSA) is 111 Å². The first-order valence-corrected chi connectivity index (χ1v) is 10.5. The smallest absolute Gasteiger partial charge is 0.255 e. The van der Waals surface area contributed by atoms with E-state index >= 15 is 0 Å². The molecule has 0 unspecified atom stereocenters. The molecule has 0 saturated carbocycles. The standard InChI is InChI=1S/C21H20ClN3O4S/c1-12-6-7-15(9-19(12)30(27)28)21(26)25-17-5-3-4-14(8-17)13(2)29-18-10-16(22)11-24-20(18)23/h3-11,13,30H,1-2H3,(H2,23,24)(H,25,26)/t13-/m1/s1. The third-order valence-corrected chi connectivity index (χ3v) is 5.52. The van der Waals surface area contributed by atoms with Crippen LogP contribution in [-0.2, 0) is 10.7 Å². The third kappa shape index (κ3) is 5.08. The lowest BCUT2D eigenvalue weighted by atomic mass is 10.1. The van der Waals surface area contributed by atoms with Gasteiger partial charge in [-0.1, -0.05) is 29.8 Å². The number of thiol groups is 1. The van der Waals surface area contributed by atoms with Crippen LogP contribution in [-0.4, -0.2) is 19.3 Å². The first-order valence-electron chi connectivity index (χ1n) is 8.98. The summed E-state index contributed by atoms with van der Waals surface area (Å²) in [7, 11) is -2.78. The molecule has 3 rings (SSSR count). The summed E-state index contributed by atoms with van der Waals surface area (Å²) in [5, 5.41) is 3.18. The maximum absolute atomic E-state index is 12.6. The minimum atomic E-state index is -2.78. The number of aryl methyl sites for hydroxylation is 1. The van der Waals surface area contributed by atoms with E-state index in [0.29, 0.717) is 22.0 Å². The van der Waals surface area contributed by atoms with Crippen LogP contribution in [0.25, 0.3) is 0 Å². The van der Waals surface area contributed by atoms with E-state index < -0.39 is 16.6 Å². The first-order chi connectivity index (χ1) is 14.2. The van der Waals surface area contributed by atoms with Crippen molar-refractivity contribution in [2.75, 3.05) is 11.1 Å². The van der Waals surface area contributed by atoms with Gasteiger partial charge >= 0.3 is 0 Å². The van der Waals surface area contributed by atoms with E-state index in [1.165, 1.54) is 12.3 Å². The number of rotatable bonds is 6. The summed E-state index contributed by atoms with van der Waals surface area (Å²) < 4.78 is 28.5. The maximum Gasteiger partial charge on any atom is 0.255 e. The number of hydrogen-bond donors (Lipinski definition) is 3. The van der Waals surface area contributed by atoms with Crippen LogP contribution in [0.1, 0.15) is 34.5 Å². The van der Waals surface area contributed by atoms with E-state index in [2.05, 4.69) is 10.3 Å². The van der Waals surface area contributed by atoms with E-state index in [1.807, 2.05) is 13.0 Å². The zero-order chi connectivity index (χ0) is 21.8. The van der Waals surface area contributed by atoms with E-state index in [4.69, 9.17) is 22.1 Å². The van der Waals surface area contributed by atoms with Crippen LogP contribution in [0, 0.1) is 6.92 Å². The van der Waals surface area contributed by atoms with Crippen molar-refractivity contribution in [3.8, 4) is 5.75 Å². The summed E-state index contributed by atoms with van der Waals surface area (Å²) in [6.45, 7) is 3.51. The molecule has 0 radical (unpaired) electrons. The summed E-state index contributed by atoms with van der Waals surface area (Å²) >= 11 is 5.94. The largest absolute Gasteiger partial charge is 0.482 e. The SMILES string of the molecule is Cc1ccc(C(=O)Nc2cccc([C@@H](C)Oc3cc(Cl)cnc3N)c2)cc1[SH](=O)=O. The second-order valence-electron chi connectivity index (χ2n) is 6.63. The number of carbonyl (C=O) groups excluding carboxylic acids is 1. The van der Waals surface area contributed by atoms with Gasteiger partial charge < -0.3 is 15.8 Å². The molecule has 9 heteroatoms. The predicted molar refractivity (Wildman–Crippen MR) is 117 cm³/mol. The van der Waals surface area contributed by atoms with Crippen molar-refractivity contribution in [1.29, 1.82) is 0 Å². The molecule has 156 valence electrons. The van der Waals surface area contributed by atoms with Gasteiger partial charge in [-0.15, -0.1) is 0 Å². The molecule has 30 heavy (non-hydrogen) atoms. The van der Waals surface area contributed by atoms with Crippen LogP contribution >= 0.6 is 11.6 Å².